The van der Waals surface area contributed by atoms with Crippen molar-refractivity contribution in [1.82, 2.24) is 19.5 Å². The molecule has 2 aromatic heterocycles. The number of hydrogen-bond acceptors (Lipinski definition) is 9. The number of fused-ring (bicyclic) bond motifs is 1. The molecule has 1 spiro atoms. The minimum atomic E-state index is -1.50. The zero-order valence-corrected chi connectivity index (χ0v) is 22.5. The molecule has 0 saturated carbocycles. The van der Waals surface area contributed by atoms with E-state index in [4.69, 9.17) is 26.8 Å². The second-order valence-electron chi connectivity index (χ2n) is 10.5. The van der Waals surface area contributed by atoms with E-state index in [1.165, 1.54) is 22.7 Å². The summed E-state index contributed by atoms with van der Waals surface area (Å²) in [6.45, 7) is 3.71. The van der Waals surface area contributed by atoms with Gasteiger partial charge < -0.3 is 20.1 Å². The van der Waals surface area contributed by atoms with E-state index in [1.807, 2.05) is 6.07 Å². The molecule has 5 heterocycles. The van der Waals surface area contributed by atoms with Crippen LogP contribution >= 0.6 is 23.4 Å². The van der Waals surface area contributed by atoms with E-state index in [9.17, 15) is 4.79 Å². The summed E-state index contributed by atoms with van der Waals surface area (Å²) >= 11 is 8.03. The Labute approximate surface area is 228 Å². The van der Waals surface area contributed by atoms with Crippen LogP contribution in [0.25, 0.3) is 10.9 Å². The van der Waals surface area contributed by atoms with Crippen molar-refractivity contribution in [3.8, 4) is 0 Å². The first-order valence-electron chi connectivity index (χ1n) is 12.9. The monoisotopic (exact) mass is 560 g/mol. The Morgan fingerprint density at radius 3 is 2.58 bits per heavy atom. The molecule has 3 aliphatic rings. The van der Waals surface area contributed by atoms with Crippen molar-refractivity contribution in [2.75, 3.05) is 44.4 Å². The molecule has 0 radical (unpaired) electrons. The smallest absolute Gasteiger partial charge is 0.262 e. The molecule has 0 unspecified atom stereocenters. The molecule has 1 atom stereocenters. The average Bonchev–Trinajstić information content (AvgIpc) is 3.27. The molecule has 12 heteroatoms. The molecule has 3 saturated heterocycles. The first kappa shape index (κ1) is 25.9. The number of aromatic nitrogens is 4. The van der Waals surface area contributed by atoms with Gasteiger partial charge in [0.2, 0.25) is 0 Å². The Morgan fingerprint density at radius 2 is 1.89 bits per heavy atom. The van der Waals surface area contributed by atoms with Crippen molar-refractivity contribution in [1.29, 1.82) is 0 Å². The number of piperidine rings is 1. The van der Waals surface area contributed by atoms with Gasteiger partial charge in [-0.2, -0.15) is 0 Å². The number of halogens is 2. The first-order chi connectivity index (χ1) is 18.4. The fraction of sp³-hybridized carbons (Fsp3) is 0.538. The molecule has 202 valence electrons. The van der Waals surface area contributed by atoms with Crippen molar-refractivity contribution in [3.05, 3.63) is 46.2 Å². The van der Waals surface area contributed by atoms with Crippen molar-refractivity contribution >= 4 is 40.1 Å². The number of benzene rings is 1. The third-order valence-electron chi connectivity index (χ3n) is 8.12. The molecule has 0 bridgehead atoms. The maximum atomic E-state index is 15.2. The van der Waals surface area contributed by atoms with E-state index in [0.717, 1.165) is 38.4 Å². The van der Waals surface area contributed by atoms with Gasteiger partial charge in [0.25, 0.3) is 5.56 Å². The lowest BCUT2D eigenvalue weighted by Crippen LogP contribution is -2.49. The maximum Gasteiger partial charge on any atom is 0.262 e. The Balaban J connectivity index is 1.18. The molecule has 38 heavy (non-hydrogen) atoms. The number of anilines is 1. The molecule has 3 fully saturated rings. The SMILES string of the molecule is N[C@@H]1COCC12CCN(c1cnc(Sc3ccc4ncn(CC5(F)CCOCC5)c(=O)c4c3Cl)cn1)CC2. The molecular formula is C26H30ClFN6O3S. The van der Waals surface area contributed by atoms with E-state index in [0.29, 0.717) is 35.3 Å². The number of nitrogens with two attached hydrogens (primary N) is 1. The topological polar surface area (TPSA) is 108 Å². The summed E-state index contributed by atoms with van der Waals surface area (Å²) in [4.78, 5) is 29.8. The Morgan fingerprint density at radius 1 is 1.11 bits per heavy atom. The van der Waals surface area contributed by atoms with Crippen LogP contribution < -0.4 is 16.2 Å². The fourth-order valence-electron chi connectivity index (χ4n) is 5.59. The van der Waals surface area contributed by atoms with Crippen LogP contribution in [0.4, 0.5) is 10.2 Å². The predicted octanol–water partition coefficient (Wildman–Crippen LogP) is 3.45. The molecule has 9 nitrogen and oxygen atoms in total. The van der Waals surface area contributed by atoms with Crippen molar-refractivity contribution < 1.29 is 13.9 Å². The number of alkyl halides is 1. The van der Waals surface area contributed by atoms with E-state index < -0.39 is 5.67 Å². The molecule has 3 aromatic rings. The minimum Gasteiger partial charge on any atom is -0.381 e. The Bertz CT molecular complexity index is 1380. The van der Waals surface area contributed by atoms with Gasteiger partial charge in [0.05, 0.1) is 54.4 Å². The number of rotatable bonds is 5. The normalized spacial score (nSPS) is 22.8. The van der Waals surface area contributed by atoms with Gasteiger partial charge in [0.15, 0.2) is 0 Å². The van der Waals surface area contributed by atoms with Gasteiger partial charge in [0, 0.05) is 55.5 Å². The third-order valence-corrected chi connectivity index (χ3v) is 9.61. The Kier molecular flexibility index (Phi) is 7.06. The van der Waals surface area contributed by atoms with Crippen LogP contribution in [0.3, 0.4) is 0 Å². The summed E-state index contributed by atoms with van der Waals surface area (Å²) in [6, 6.07) is 3.66. The minimum absolute atomic E-state index is 0.0741. The quantitative estimate of drug-likeness (QED) is 0.502. The highest BCUT2D eigenvalue weighted by Crippen LogP contribution is 2.40. The van der Waals surface area contributed by atoms with Gasteiger partial charge in [-0.05, 0) is 25.0 Å². The van der Waals surface area contributed by atoms with Gasteiger partial charge in [-0.1, -0.05) is 23.4 Å². The highest BCUT2D eigenvalue weighted by Gasteiger charge is 2.44. The largest absolute Gasteiger partial charge is 0.381 e. The second-order valence-corrected chi connectivity index (χ2v) is 11.9. The van der Waals surface area contributed by atoms with Crippen LogP contribution in [-0.2, 0) is 16.0 Å². The predicted molar refractivity (Wildman–Crippen MR) is 144 cm³/mol. The van der Waals surface area contributed by atoms with Crippen LogP contribution in [-0.4, -0.2) is 70.7 Å². The molecule has 6 rings (SSSR count). The van der Waals surface area contributed by atoms with Crippen molar-refractivity contribution in [2.45, 2.75) is 53.9 Å². The molecule has 3 aliphatic heterocycles. The van der Waals surface area contributed by atoms with E-state index in [1.54, 1.807) is 18.5 Å². The lowest BCUT2D eigenvalue weighted by Gasteiger charge is -2.41. The van der Waals surface area contributed by atoms with Crippen LogP contribution in [0, 0.1) is 5.41 Å². The molecular weight excluding hydrogens is 531 g/mol. The van der Waals surface area contributed by atoms with E-state index >= 15 is 4.39 Å². The van der Waals surface area contributed by atoms with Crippen LogP contribution in [0.2, 0.25) is 5.02 Å². The lowest BCUT2D eigenvalue weighted by molar-refractivity contribution is -0.0182. The Hall–Kier alpha value is -2.31. The van der Waals surface area contributed by atoms with E-state index in [2.05, 4.69) is 19.9 Å². The molecule has 0 aliphatic carbocycles. The summed E-state index contributed by atoms with van der Waals surface area (Å²) in [5.41, 5.74) is 4.99. The van der Waals surface area contributed by atoms with Crippen LogP contribution in [0.5, 0.6) is 0 Å². The lowest BCUT2D eigenvalue weighted by atomic mass is 9.75. The summed E-state index contributed by atoms with van der Waals surface area (Å²) in [5.74, 6) is 0.821. The van der Waals surface area contributed by atoms with Gasteiger partial charge in [-0.15, -0.1) is 0 Å². The zero-order chi connectivity index (χ0) is 26.3. The van der Waals surface area contributed by atoms with Crippen LogP contribution in [0.1, 0.15) is 25.7 Å². The first-order valence-corrected chi connectivity index (χ1v) is 14.1. The molecule has 0 amide bonds. The van der Waals surface area contributed by atoms with Gasteiger partial charge >= 0.3 is 0 Å². The molecule has 2 N–H and O–H groups in total. The number of ether oxygens (including phenoxy) is 2. The van der Waals surface area contributed by atoms with Gasteiger partial charge in [0.1, 0.15) is 16.5 Å². The van der Waals surface area contributed by atoms with Gasteiger partial charge in [-0.25, -0.2) is 19.3 Å². The standard InChI is InChI=1S/C26H30ClFN6O3S/c27-23-18(2-1-17-22(23)24(35)34(16-32-17)14-26(28)5-9-36-10-6-26)38-21-12-30-20(11-31-21)33-7-3-25(4-8-33)15-37-13-19(25)29/h1-2,11-12,16,19H,3-10,13-15,29H2/t19-/m1/s1. The second kappa shape index (κ2) is 10.3. The van der Waals surface area contributed by atoms with Gasteiger partial charge in [-0.3, -0.25) is 9.36 Å². The summed E-state index contributed by atoms with van der Waals surface area (Å²) < 4.78 is 27.4. The molecule has 1 aromatic carbocycles. The van der Waals surface area contributed by atoms with Crippen molar-refractivity contribution in [2.24, 2.45) is 11.1 Å². The summed E-state index contributed by atoms with van der Waals surface area (Å²) in [5, 5.41) is 1.21. The summed E-state index contributed by atoms with van der Waals surface area (Å²) in [6.07, 6.45) is 7.32. The number of hydrogen-bond donors (Lipinski definition) is 1. The fourth-order valence-corrected chi connectivity index (χ4v) is 6.71. The zero-order valence-electron chi connectivity index (χ0n) is 20.9. The van der Waals surface area contributed by atoms with Crippen molar-refractivity contribution in [3.63, 3.8) is 0 Å². The van der Waals surface area contributed by atoms with Crippen LogP contribution in [0.15, 0.2) is 45.6 Å². The average molecular weight is 561 g/mol. The van der Waals surface area contributed by atoms with E-state index in [-0.39, 0.29) is 46.8 Å². The summed E-state index contributed by atoms with van der Waals surface area (Å²) in [7, 11) is 0. The highest BCUT2D eigenvalue weighted by atomic mass is 35.5. The maximum absolute atomic E-state index is 15.2. The number of nitrogens with zero attached hydrogens (tertiary/aromatic N) is 5. The third kappa shape index (κ3) is 4.90. The highest BCUT2D eigenvalue weighted by molar-refractivity contribution is 7.99.